The summed E-state index contributed by atoms with van der Waals surface area (Å²) in [7, 11) is 0. The van der Waals surface area contributed by atoms with Crippen LogP contribution < -0.4 is 10.6 Å². The van der Waals surface area contributed by atoms with Crippen LogP contribution >= 0.6 is 0 Å². The molecule has 1 aliphatic heterocycles. The molecule has 0 amide bonds. The van der Waals surface area contributed by atoms with Crippen molar-refractivity contribution in [3.05, 3.63) is 53.4 Å². The minimum Gasteiger partial charge on any atom is -0.358 e. The van der Waals surface area contributed by atoms with Gasteiger partial charge in [-0.2, -0.15) is 0 Å². The van der Waals surface area contributed by atoms with Crippen LogP contribution in [-0.2, 0) is 9.59 Å². The molecule has 2 N–H and O–H groups in total. The number of rotatable bonds is 2. The predicted molar refractivity (Wildman–Crippen MR) is 85.6 cm³/mol. The molecular formula is C17H17N3O2. The molecule has 1 aliphatic carbocycles. The Hall–Kier alpha value is -2.69. The van der Waals surface area contributed by atoms with Crippen LogP contribution in [0.4, 0.5) is 5.69 Å². The average molecular weight is 295 g/mol. The Morgan fingerprint density at radius 2 is 1.68 bits per heavy atom. The van der Waals surface area contributed by atoms with Gasteiger partial charge in [0.1, 0.15) is 17.1 Å². The first-order valence-corrected chi connectivity index (χ1v) is 7.09. The van der Waals surface area contributed by atoms with Gasteiger partial charge < -0.3 is 10.6 Å². The monoisotopic (exact) mass is 295 g/mol. The van der Waals surface area contributed by atoms with Gasteiger partial charge in [0.25, 0.3) is 0 Å². The molecule has 1 aromatic rings. The molecule has 1 aromatic carbocycles. The van der Waals surface area contributed by atoms with Gasteiger partial charge in [-0.3, -0.25) is 9.59 Å². The normalized spacial score (nSPS) is 23.9. The third-order valence-electron chi connectivity index (χ3n) is 3.93. The number of aliphatic imine (C=N–C) groups is 1. The minimum atomic E-state index is -0.727. The third kappa shape index (κ3) is 2.35. The zero-order valence-electron chi connectivity index (χ0n) is 12.7. The lowest BCUT2D eigenvalue weighted by atomic mass is 9.97. The fraction of sp³-hybridized carbons (Fsp3) is 0.235. The number of carbonyl (C=O) groups excluding carboxylic acids is 2. The second-order valence-electron chi connectivity index (χ2n) is 5.72. The molecule has 112 valence electrons. The number of nitrogens with one attached hydrogen (secondary N) is 2. The van der Waals surface area contributed by atoms with Crippen molar-refractivity contribution in [2.75, 3.05) is 5.32 Å². The lowest BCUT2D eigenvalue weighted by Gasteiger charge is -2.38. The number of carbonyl (C=O) groups is 2. The zero-order valence-corrected chi connectivity index (χ0v) is 12.7. The Kier molecular flexibility index (Phi) is 3.20. The molecule has 1 heterocycles. The van der Waals surface area contributed by atoms with E-state index in [4.69, 9.17) is 0 Å². The Bertz CT molecular complexity index is 757. The van der Waals surface area contributed by atoms with E-state index in [9.17, 15) is 9.59 Å². The minimum absolute atomic E-state index is 0.188. The molecule has 0 saturated carbocycles. The summed E-state index contributed by atoms with van der Waals surface area (Å²) in [5, 5.41) is 6.48. The maximum Gasteiger partial charge on any atom is 0.206 e. The zero-order chi connectivity index (χ0) is 15.9. The van der Waals surface area contributed by atoms with Crippen LogP contribution in [0.3, 0.4) is 0 Å². The van der Waals surface area contributed by atoms with Crippen LogP contribution in [-0.4, -0.2) is 22.9 Å². The molecule has 0 fully saturated rings. The van der Waals surface area contributed by atoms with Gasteiger partial charge in [-0.1, -0.05) is 17.7 Å². The van der Waals surface area contributed by atoms with Crippen molar-refractivity contribution in [2.45, 2.75) is 26.4 Å². The van der Waals surface area contributed by atoms with Crippen molar-refractivity contribution in [3.63, 3.8) is 0 Å². The van der Waals surface area contributed by atoms with Crippen LogP contribution in [0.5, 0.6) is 0 Å². The second kappa shape index (κ2) is 4.94. The van der Waals surface area contributed by atoms with E-state index >= 15 is 0 Å². The Labute approximate surface area is 128 Å². The summed E-state index contributed by atoms with van der Waals surface area (Å²) >= 11 is 0. The molecule has 0 radical (unpaired) electrons. The van der Waals surface area contributed by atoms with E-state index in [-0.39, 0.29) is 23.0 Å². The number of allylic oxidation sites excluding steroid dienone is 2. The van der Waals surface area contributed by atoms with Crippen molar-refractivity contribution in [3.8, 4) is 0 Å². The summed E-state index contributed by atoms with van der Waals surface area (Å²) < 4.78 is 0. The highest BCUT2D eigenvalue weighted by molar-refractivity contribution is 6.21. The van der Waals surface area contributed by atoms with Gasteiger partial charge in [0, 0.05) is 5.69 Å². The molecule has 5 nitrogen and oxygen atoms in total. The van der Waals surface area contributed by atoms with Gasteiger partial charge in [0.2, 0.25) is 11.6 Å². The van der Waals surface area contributed by atoms with E-state index in [0.29, 0.717) is 5.71 Å². The fourth-order valence-corrected chi connectivity index (χ4v) is 2.45. The Balaban J connectivity index is 1.93. The van der Waals surface area contributed by atoms with Gasteiger partial charge in [0.05, 0.1) is 5.71 Å². The van der Waals surface area contributed by atoms with E-state index in [1.165, 1.54) is 17.7 Å². The van der Waals surface area contributed by atoms with Crippen LogP contribution in [0.1, 0.15) is 19.4 Å². The van der Waals surface area contributed by atoms with Gasteiger partial charge in [-0.25, -0.2) is 4.99 Å². The van der Waals surface area contributed by atoms with Gasteiger partial charge in [0.15, 0.2) is 0 Å². The number of nitrogens with zero attached hydrogens (tertiary/aromatic N) is 1. The molecule has 0 saturated heterocycles. The standard InChI is InChI=1S/C17H17N3O2/c1-10-4-6-12(7-5-10)19-17(3)11(2)18-15-13(21)8-9-14(22)16(15)20-17/h4-9,19-20H,1-3H3. The van der Waals surface area contributed by atoms with E-state index in [2.05, 4.69) is 15.6 Å². The highest BCUT2D eigenvalue weighted by Gasteiger charge is 2.37. The molecule has 22 heavy (non-hydrogen) atoms. The van der Waals surface area contributed by atoms with Crippen molar-refractivity contribution < 1.29 is 9.59 Å². The quantitative estimate of drug-likeness (QED) is 0.820. The summed E-state index contributed by atoms with van der Waals surface area (Å²) in [4.78, 5) is 28.2. The van der Waals surface area contributed by atoms with Gasteiger partial charge in [-0.05, 0) is 45.1 Å². The number of aryl methyl sites for hydroxylation is 1. The van der Waals surface area contributed by atoms with Crippen molar-refractivity contribution >= 4 is 23.0 Å². The average Bonchev–Trinajstić information content (AvgIpc) is 2.48. The summed E-state index contributed by atoms with van der Waals surface area (Å²) in [6.45, 7) is 5.74. The molecule has 1 unspecified atom stereocenters. The number of hydrogen-bond acceptors (Lipinski definition) is 5. The molecule has 0 spiro atoms. The lowest BCUT2D eigenvalue weighted by Crippen LogP contribution is -2.57. The van der Waals surface area contributed by atoms with E-state index < -0.39 is 5.66 Å². The summed E-state index contributed by atoms with van der Waals surface area (Å²) in [5.41, 5.74) is 2.48. The highest BCUT2D eigenvalue weighted by Crippen LogP contribution is 2.25. The smallest absolute Gasteiger partial charge is 0.206 e. The van der Waals surface area contributed by atoms with Gasteiger partial charge in [-0.15, -0.1) is 0 Å². The van der Waals surface area contributed by atoms with Crippen molar-refractivity contribution in [2.24, 2.45) is 4.99 Å². The molecule has 5 heteroatoms. The van der Waals surface area contributed by atoms with Crippen molar-refractivity contribution in [1.29, 1.82) is 0 Å². The number of ketones is 2. The van der Waals surface area contributed by atoms with E-state index in [1.54, 1.807) is 0 Å². The third-order valence-corrected chi connectivity index (χ3v) is 3.93. The Morgan fingerprint density at radius 3 is 2.36 bits per heavy atom. The van der Waals surface area contributed by atoms with Crippen LogP contribution in [0.25, 0.3) is 0 Å². The number of benzene rings is 1. The van der Waals surface area contributed by atoms with Crippen LogP contribution in [0.15, 0.2) is 52.8 Å². The first-order chi connectivity index (χ1) is 10.4. The van der Waals surface area contributed by atoms with Crippen LogP contribution in [0.2, 0.25) is 0 Å². The summed E-state index contributed by atoms with van der Waals surface area (Å²) in [5.74, 6) is -0.485. The molecule has 1 atom stereocenters. The van der Waals surface area contributed by atoms with E-state index in [1.807, 2.05) is 45.0 Å². The lowest BCUT2D eigenvalue weighted by molar-refractivity contribution is -0.115. The Morgan fingerprint density at radius 1 is 1.05 bits per heavy atom. The first-order valence-electron chi connectivity index (χ1n) is 7.09. The SMILES string of the molecule is CC1=NC2=C(NC1(C)Nc1ccc(C)cc1)C(=O)C=CC2=O. The topological polar surface area (TPSA) is 70.6 Å². The predicted octanol–water partition coefficient (Wildman–Crippen LogP) is 2.11. The maximum absolute atomic E-state index is 12.0. The molecule has 0 bridgehead atoms. The molecule has 2 aliphatic rings. The fourth-order valence-electron chi connectivity index (χ4n) is 2.45. The van der Waals surface area contributed by atoms with Crippen LogP contribution in [0, 0.1) is 6.92 Å². The number of hydrogen-bond donors (Lipinski definition) is 2. The van der Waals surface area contributed by atoms with E-state index in [0.717, 1.165) is 5.69 Å². The first kappa shape index (κ1) is 14.3. The summed E-state index contributed by atoms with van der Waals surface area (Å²) in [6, 6.07) is 7.94. The maximum atomic E-state index is 12.0. The summed E-state index contributed by atoms with van der Waals surface area (Å²) in [6.07, 6.45) is 2.53. The molecule has 0 aromatic heterocycles. The van der Waals surface area contributed by atoms with Crippen molar-refractivity contribution in [1.82, 2.24) is 5.32 Å². The molecular weight excluding hydrogens is 278 g/mol. The largest absolute Gasteiger partial charge is 0.358 e. The highest BCUT2D eigenvalue weighted by atomic mass is 16.1. The van der Waals surface area contributed by atoms with Gasteiger partial charge >= 0.3 is 0 Å². The molecule has 3 rings (SSSR count). The second-order valence-corrected chi connectivity index (χ2v) is 5.72. The number of anilines is 1.